The Kier molecular flexibility index (Phi) is 2.84. The molecule has 6 nitrogen and oxygen atoms in total. The van der Waals surface area contributed by atoms with E-state index in [-0.39, 0.29) is 18.4 Å². The monoisotopic (exact) mass is 184 g/mol. The van der Waals surface area contributed by atoms with Gasteiger partial charge in [0, 0.05) is 12.5 Å². The van der Waals surface area contributed by atoms with Crippen molar-refractivity contribution in [1.29, 1.82) is 0 Å². The molecule has 1 rings (SSSR count). The van der Waals surface area contributed by atoms with Gasteiger partial charge in [0.15, 0.2) is 5.82 Å². The van der Waals surface area contributed by atoms with Gasteiger partial charge in [-0.25, -0.2) is 0 Å². The molecule has 13 heavy (non-hydrogen) atoms. The number of anilines is 1. The van der Waals surface area contributed by atoms with Crippen LogP contribution in [0, 0.1) is 6.92 Å². The lowest BCUT2D eigenvalue weighted by Crippen LogP contribution is -2.24. The molecule has 0 aromatic carbocycles. The van der Waals surface area contributed by atoms with Crippen LogP contribution in [0.1, 0.15) is 19.2 Å². The maximum atomic E-state index is 10.5. The molecule has 0 radical (unpaired) electrons. The summed E-state index contributed by atoms with van der Waals surface area (Å²) in [5.41, 5.74) is 5.01. The van der Waals surface area contributed by atoms with Gasteiger partial charge in [-0.05, 0) is 13.8 Å². The van der Waals surface area contributed by atoms with Crippen LogP contribution in [0.2, 0.25) is 0 Å². The molecule has 0 aliphatic rings. The van der Waals surface area contributed by atoms with E-state index in [1.165, 1.54) is 0 Å². The topological polar surface area (TPSA) is 94.0 Å². The van der Waals surface area contributed by atoms with E-state index in [2.05, 4.69) is 15.5 Å². The van der Waals surface area contributed by atoms with Gasteiger partial charge < -0.3 is 15.6 Å². The summed E-state index contributed by atoms with van der Waals surface area (Å²) in [6, 6.07) is 0.212. The summed E-state index contributed by atoms with van der Waals surface area (Å²) >= 11 is 0. The average Bonchev–Trinajstić information content (AvgIpc) is 2.33. The highest BCUT2D eigenvalue weighted by Crippen LogP contribution is 2.05. The van der Waals surface area contributed by atoms with E-state index in [9.17, 15) is 4.79 Å². The summed E-state index contributed by atoms with van der Waals surface area (Å²) in [6.07, 6.45) is 0.238. The van der Waals surface area contributed by atoms with Gasteiger partial charge in [-0.2, -0.15) is 4.98 Å². The number of nitrogens with two attached hydrogens (primary N) is 1. The Bertz CT molecular complexity index is 296. The van der Waals surface area contributed by atoms with Crippen molar-refractivity contribution in [2.45, 2.75) is 26.3 Å². The second-order valence-corrected chi connectivity index (χ2v) is 2.86. The average molecular weight is 184 g/mol. The van der Waals surface area contributed by atoms with Crippen LogP contribution < -0.4 is 11.1 Å². The highest BCUT2D eigenvalue weighted by molar-refractivity contribution is 5.74. The lowest BCUT2D eigenvalue weighted by atomic mass is 10.2. The summed E-state index contributed by atoms with van der Waals surface area (Å²) in [7, 11) is 0. The molecule has 72 valence electrons. The summed E-state index contributed by atoms with van der Waals surface area (Å²) in [5.74, 6) is 0.185. The van der Waals surface area contributed by atoms with Gasteiger partial charge in [0.05, 0.1) is 0 Å². The Morgan fingerprint density at radius 3 is 2.92 bits per heavy atom. The van der Waals surface area contributed by atoms with Gasteiger partial charge >= 0.3 is 6.01 Å². The molecule has 0 aliphatic carbocycles. The third-order valence-electron chi connectivity index (χ3n) is 1.40. The number of primary amides is 1. The van der Waals surface area contributed by atoms with Gasteiger partial charge in [0.2, 0.25) is 5.91 Å². The molecule has 0 aliphatic heterocycles. The van der Waals surface area contributed by atoms with Crippen LogP contribution in [0.25, 0.3) is 0 Å². The maximum absolute atomic E-state index is 10.5. The number of carbonyl (C=O) groups excluding carboxylic acids is 1. The van der Waals surface area contributed by atoms with E-state index in [0.717, 1.165) is 0 Å². The fraction of sp³-hybridized carbons (Fsp3) is 0.571. The zero-order valence-electron chi connectivity index (χ0n) is 7.57. The molecule has 0 fully saturated rings. The second kappa shape index (κ2) is 3.88. The first-order valence-electron chi connectivity index (χ1n) is 3.93. The van der Waals surface area contributed by atoms with Crippen molar-refractivity contribution in [3.63, 3.8) is 0 Å². The maximum Gasteiger partial charge on any atom is 0.321 e. The number of nitrogens with one attached hydrogen (secondary N) is 1. The van der Waals surface area contributed by atoms with Crippen molar-refractivity contribution in [3.05, 3.63) is 5.82 Å². The highest BCUT2D eigenvalue weighted by atomic mass is 16.5. The second-order valence-electron chi connectivity index (χ2n) is 2.86. The summed E-state index contributed by atoms with van der Waals surface area (Å²) in [6.45, 7) is 3.53. The lowest BCUT2D eigenvalue weighted by molar-refractivity contribution is -0.118. The van der Waals surface area contributed by atoms with Gasteiger partial charge in [0.25, 0.3) is 0 Å². The first kappa shape index (κ1) is 9.50. The number of amides is 1. The molecule has 0 saturated heterocycles. The standard InChI is InChI=1S/C7H12N4O2/c1-4(3-6(8)12)9-7-10-5(2)11-13-7/h4H,3H2,1-2H3,(H2,8,12)(H,9,10,11). The minimum atomic E-state index is -0.365. The first-order valence-corrected chi connectivity index (χ1v) is 3.93. The highest BCUT2D eigenvalue weighted by Gasteiger charge is 2.09. The smallest absolute Gasteiger partial charge is 0.321 e. The summed E-state index contributed by atoms with van der Waals surface area (Å²) in [4.78, 5) is 14.4. The van der Waals surface area contributed by atoms with E-state index >= 15 is 0 Å². The summed E-state index contributed by atoms with van der Waals surface area (Å²) < 4.78 is 4.79. The number of rotatable bonds is 4. The van der Waals surface area contributed by atoms with Crippen molar-refractivity contribution in [2.24, 2.45) is 5.73 Å². The molecule has 1 aromatic heterocycles. The Labute approximate surface area is 75.5 Å². The molecule has 3 N–H and O–H groups in total. The van der Waals surface area contributed by atoms with Crippen LogP contribution in [-0.2, 0) is 4.79 Å². The third kappa shape index (κ3) is 3.10. The SMILES string of the molecule is Cc1noc(NC(C)CC(N)=O)n1. The van der Waals surface area contributed by atoms with Crippen LogP contribution in [-0.4, -0.2) is 22.1 Å². The van der Waals surface area contributed by atoms with E-state index < -0.39 is 0 Å². The molecular weight excluding hydrogens is 172 g/mol. The van der Waals surface area contributed by atoms with Gasteiger partial charge in [0.1, 0.15) is 0 Å². The molecular formula is C7H12N4O2. The minimum Gasteiger partial charge on any atom is -0.370 e. The van der Waals surface area contributed by atoms with Gasteiger partial charge in [-0.1, -0.05) is 5.16 Å². The van der Waals surface area contributed by atoms with Crippen molar-refractivity contribution in [3.8, 4) is 0 Å². The predicted molar refractivity (Wildman–Crippen MR) is 45.9 cm³/mol. The lowest BCUT2D eigenvalue weighted by Gasteiger charge is -2.07. The van der Waals surface area contributed by atoms with Gasteiger partial charge in [-0.3, -0.25) is 4.79 Å². The van der Waals surface area contributed by atoms with Crippen LogP contribution in [0.4, 0.5) is 6.01 Å². The summed E-state index contributed by atoms with van der Waals surface area (Å²) in [5, 5.41) is 6.44. The number of nitrogens with zero attached hydrogens (tertiary/aromatic N) is 2. The number of aromatic nitrogens is 2. The number of carbonyl (C=O) groups is 1. The Hall–Kier alpha value is -1.59. The van der Waals surface area contributed by atoms with Crippen molar-refractivity contribution >= 4 is 11.9 Å². The largest absolute Gasteiger partial charge is 0.370 e. The number of hydrogen-bond acceptors (Lipinski definition) is 5. The van der Waals surface area contributed by atoms with Crippen LogP contribution >= 0.6 is 0 Å². The fourth-order valence-corrected chi connectivity index (χ4v) is 0.919. The van der Waals surface area contributed by atoms with E-state index in [1.54, 1.807) is 6.92 Å². The Morgan fingerprint density at radius 2 is 2.46 bits per heavy atom. The Morgan fingerprint density at radius 1 is 1.77 bits per heavy atom. The van der Waals surface area contributed by atoms with E-state index in [4.69, 9.17) is 10.3 Å². The molecule has 1 unspecified atom stereocenters. The molecule has 0 bridgehead atoms. The van der Waals surface area contributed by atoms with Crippen molar-refractivity contribution in [2.75, 3.05) is 5.32 Å². The normalized spacial score (nSPS) is 12.5. The minimum absolute atomic E-state index is 0.0997. The molecule has 0 spiro atoms. The molecule has 1 atom stereocenters. The number of hydrogen-bond donors (Lipinski definition) is 2. The fourth-order valence-electron chi connectivity index (χ4n) is 0.919. The Balaban J connectivity index is 2.44. The zero-order valence-corrected chi connectivity index (χ0v) is 7.57. The zero-order chi connectivity index (χ0) is 9.84. The van der Waals surface area contributed by atoms with E-state index in [0.29, 0.717) is 11.8 Å². The number of aryl methyl sites for hydroxylation is 1. The van der Waals surface area contributed by atoms with Crippen LogP contribution in [0.15, 0.2) is 4.52 Å². The van der Waals surface area contributed by atoms with E-state index in [1.807, 2.05) is 6.92 Å². The molecule has 1 aromatic rings. The van der Waals surface area contributed by atoms with Crippen LogP contribution in [0.3, 0.4) is 0 Å². The molecule has 6 heteroatoms. The molecule has 0 saturated carbocycles. The van der Waals surface area contributed by atoms with Gasteiger partial charge in [-0.15, -0.1) is 0 Å². The van der Waals surface area contributed by atoms with Crippen molar-refractivity contribution in [1.82, 2.24) is 10.1 Å². The van der Waals surface area contributed by atoms with Crippen LogP contribution in [0.5, 0.6) is 0 Å². The third-order valence-corrected chi connectivity index (χ3v) is 1.40. The quantitative estimate of drug-likeness (QED) is 0.689. The molecule has 1 amide bonds. The van der Waals surface area contributed by atoms with Crippen molar-refractivity contribution < 1.29 is 9.32 Å². The first-order chi connectivity index (χ1) is 6.08. The predicted octanol–water partition coefficient (Wildman–Crippen LogP) is 0.0538. The molecule has 1 heterocycles.